The van der Waals surface area contributed by atoms with E-state index in [0.717, 1.165) is 25.7 Å². The first-order chi connectivity index (χ1) is 11.3. The fraction of sp³-hybridized carbons (Fsp3) is 0.833. The summed E-state index contributed by atoms with van der Waals surface area (Å²) in [7, 11) is 0. The highest BCUT2D eigenvalue weighted by molar-refractivity contribution is 6.04. The largest absolute Gasteiger partial charge is 0.352 e. The van der Waals surface area contributed by atoms with Gasteiger partial charge in [-0.05, 0) is 26.7 Å². The molecule has 2 fully saturated rings. The zero-order valence-corrected chi connectivity index (χ0v) is 15.3. The molecule has 2 rings (SSSR count). The maximum absolute atomic E-state index is 12.8. The van der Waals surface area contributed by atoms with Crippen molar-refractivity contribution in [2.75, 3.05) is 26.2 Å². The highest BCUT2D eigenvalue weighted by Gasteiger charge is 2.40. The second kappa shape index (κ2) is 7.99. The number of carbonyl (C=O) groups is 3. The number of piperazine rings is 1. The van der Waals surface area contributed by atoms with Crippen LogP contribution in [0.2, 0.25) is 0 Å². The molecule has 0 bridgehead atoms. The normalized spacial score (nSPS) is 20.5. The Hall–Kier alpha value is -1.59. The Morgan fingerprint density at radius 3 is 1.88 bits per heavy atom. The van der Waals surface area contributed by atoms with E-state index in [4.69, 9.17) is 0 Å². The monoisotopic (exact) mass is 337 g/mol. The number of rotatable bonds is 3. The van der Waals surface area contributed by atoms with Crippen molar-refractivity contribution in [3.05, 3.63) is 0 Å². The summed E-state index contributed by atoms with van der Waals surface area (Å²) in [5.74, 6) is -0.280. The van der Waals surface area contributed by atoms with Gasteiger partial charge < -0.3 is 15.1 Å². The topological polar surface area (TPSA) is 69.7 Å². The second-order valence-corrected chi connectivity index (χ2v) is 7.59. The van der Waals surface area contributed by atoms with E-state index in [1.54, 1.807) is 30.6 Å². The van der Waals surface area contributed by atoms with Gasteiger partial charge in [0.2, 0.25) is 17.7 Å². The molecule has 1 aliphatic carbocycles. The van der Waals surface area contributed by atoms with Gasteiger partial charge >= 0.3 is 0 Å². The number of hydrogen-bond acceptors (Lipinski definition) is 3. The maximum atomic E-state index is 12.8. The lowest BCUT2D eigenvalue weighted by Crippen LogP contribution is -2.56. The summed E-state index contributed by atoms with van der Waals surface area (Å²) in [6.45, 7) is 7.04. The quantitative estimate of drug-likeness (QED) is 0.627. The van der Waals surface area contributed by atoms with Crippen molar-refractivity contribution in [3.63, 3.8) is 0 Å². The Kier molecular flexibility index (Phi) is 6.24. The number of nitrogens with zero attached hydrogens (tertiary/aromatic N) is 2. The molecule has 0 aromatic carbocycles. The molecule has 1 saturated heterocycles. The molecule has 3 amide bonds. The first-order valence-corrected chi connectivity index (χ1v) is 9.18. The molecule has 0 aromatic heterocycles. The van der Waals surface area contributed by atoms with Crippen LogP contribution >= 0.6 is 0 Å². The van der Waals surface area contributed by atoms with Crippen molar-refractivity contribution in [2.45, 2.75) is 65.3 Å². The molecule has 0 aromatic rings. The zero-order chi connectivity index (χ0) is 17.7. The first-order valence-electron chi connectivity index (χ1n) is 9.18. The van der Waals surface area contributed by atoms with Crippen LogP contribution in [0.3, 0.4) is 0 Å². The minimum Gasteiger partial charge on any atom is -0.352 e. The Morgan fingerprint density at radius 2 is 1.38 bits per heavy atom. The van der Waals surface area contributed by atoms with Crippen molar-refractivity contribution in [1.82, 2.24) is 15.1 Å². The van der Waals surface area contributed by atoms with E-state index in [-0.39, 0.29) is 23.8 Å². The average Bonchev–Trinajstić information content (AvgIpc) is 2.82. The van der Waals surface area contributed by atoms with Gasteiger partial charge in [0.1, 0.15) is 5.41 Å². The molecule has 0 spiro atoms. The van der Waals surface area contributed by atoms with E-state index in [1.165, 1.54) is 12.8 Å². The van der Waals surface area contributed by atoms with Gasteiger partial charge in [-0.3, -0.25) is 14.4 Å². The third-order valence-electron chi connectivity index (χ3n) is 5.30. The van der Waals surface area contributed by atoms with Crippen molar-refractivity contribution in [3.8, 4) is 0 Å². The van der Waals surface area contributed by atoms with Gasteiger partial charge in [0.05, 0.1) is 0 Å². The number of carbonyl (C=O) groups excluding carboxylic acids is 3. The molecule has 1 heterocycles. The standard InChI is InChI=1S/C18H31N3O3/c1-14(22)20-10-12-21(13-11-20)17(24)18(2,3)16(23)19-15-8-6-4-5-7-9-15/h15H,4-13H2,1-3H3,(H,19,23). The highest BCUT2D eigenvalue weighted by atomic mass is 16.2. The van der Waals surface area contributed by atoms with Crippen molar-refractivity contribution in [1.29, 1.82) is 0 Å². The molecule has 0 radical (unpaired) electrons. The molecule has 0 unspecified atom stereocenters. The average molecular weight is 337 g/mol. The number of nitrogens with one attached hydrogen (secondary N) is 1. The molecular formula is C18H31N3O3. The first kappa shape index (κ1) is 18.7. The van der Waals surface area contributed by atoms with Crippen molar-refractivity contribution >= 4 is 17.7 Å². The SMILES string of the molecule is CC(=O)N1CCN(C(=O)C(C)(C)C(=O)NC2CCCCCC2)CC1. The maximum Gasteiger partial charge on any atom is 0.237 e. The van der Waals surface area contributed by atoms with Gasteiger partial charge in [-0.1, -0.05) is 25.7 Å². The van der Waals surface area contributed by atoms with Crippen LogP contribution in [-0.2, 0) is 14.4 Å². The van der Waals surface area contributed by atoms with E-state index in [0.29, 0.717) is 26.2 Å². The zero-order valence-electron chi connectivity index (χ0n) is 15.3. The molecule has 2 aliphatic rings. The number of amides is 3. The molecule has 1 saturated carbocycles. The van der Waals surface area contributed by atoms with Gasteiger partial charge in [-0.2, -0.15) is 0 Å². The third kappa shape index (κ3) is 4.48. The molecule has 24 heavy (non-hydrogen) atoms. The summed E-state index contributed by atoms with van der Waals surface area (Å²) in [6.07, 6.45) is 6.77. The van der Waals surface area contributed by atoms with Gasteiger partial charge in [0.15, 0.2) is 0 Å². The predicted octanol–water partition coefficient (Wildman–Crippen LogP) is 1.54. The van der Waals surface area contributed by atoms with Gasteiger partial charge in [0.25, 0.3) is 0 Å². The summed E-state index contributed by atoms with van der Waals surface area (Å²) in [6, 6.07) is 0.196. The Bertz CT molecular complexity index is 474. The molecule has 6 heteroatoms. The minimum atomic E-state index is -1.06. The highest BCUT2D eigenvalue weighted by Crippen LogP contribution is 2.23. The summed E-state index contributed by atoms with van der Waals surface area (Å²) in [4.78, 5) is 40.3. The fourth-order valence-corrected chi connectivity index (χ4v) is 3.51. The minimum absolute atomic E-state index is 0.0347. The summed E-state index contributed by atoms with van der Waals surface area (Å²) >= 11 is 0. The van der Waals surface area contributed by atoms with E-state index < -0.39 is 5.41 Å². The third-order valence-corrected chi connectivity index (χ3v) is 5.30. The molecule has 0 atom stereocenters. The lowest BCUT2D eigenvalue weighted by atomic mass is 9.89. The Balaban J connectivity index is 1.91. The van der Waals surface area contributed by atoms with Gasteiger partial charge in [-0.15, -0.1) is 0 Å². The second-order valence-electron chi connectivity index (χ2n) is 7.59. The molecule has 1 N–H and O–H groups in total. The molecule has 6 nitrogen and oxygen atoms in total. The van der Waals surface area contributed by atoms with Crippen LogP contribution in [0.25, 0.3) is 0 Å². The predicted molar refractivity (Wildman–Crippen MR) is 92.2 cm³/mol. The van der Waals surface area contributed by atoms with Crippen LogP contribution in [0.1, 0.15) is 59.3 Å². The van der Waals surface area contributed by atoms with Crippen molar-refractivity contribution in [2.24, 2.45) is 5.41 Å². The van der Waals surface area contributed by atoms with E-state index in [1.807, 2.05) is 0 Å². The smallest absolute Gasteiger partial charge is 0.237 e. The number of hydrogen-bond donors (Lipinski definition) is 1. The van der Waals surface area contributed by atoms with E-state index in [2.05, 4.69) is 5.32 Å². The summed E-state index contributed by atoms with van der Waals surface area (Å²) < 4.78 is 0. The van der Waals surface area contributed by atoms with Crippen LogP contribution < -0.4 is 5.32 Å². The van der Waals surface area contributed by atoms with Gasteiger partial charge in [-0.25, -0.2) is 0 Å². The summed E-state index contributed by atoms with van der Waals surface area (Å²) in [5, 5.41) is 3.10. The van der Waals surface area contributed by atoms with Crippen LogP contribution in [0.5, 0.6) is 0 Å². The van der Waals surface area contributed by atoms with Crippen LogP contribution in [0.4, 0.5) is 0 Å². The van der Waals surface area contributed by atoms with Crippen molar-refractivity contribution < 1.29 is 14.4 Å². The van der Waals surface area contributed by atoms with E-state index >= 15 is 0 Å². The molecule has 1 aliphatic heterocycles. The Morgan fingerprint density at radius 1 is 0.875 bits per heavy atom. The van der Waals surface area contributed by atoms with Crippen LogP contribution in [-0.4, -0.2) is 59.7 Å². The van der Waals surface area contributed by atoms with Crippen LogP contribution in [0, 0.1) is 5.41 Å². The fourth-order valence-electron chi connectivity index (χ4n) is 3.51. The lowest BCUT2D eigenvalue weighted by Gasteiger charge is -2.38. The van der Waals surface area contributed by atoms with Gasteiger partial charge in [0, 0.05) is 39.1 Å². The van der Waals surface area contributed by atoms with E-state index in [9.17, 15) is 14.4 Å². The molecule has 136 valence electrons. The molecular weight excluding hydrogens is 306 g/mol. The lowest BCUT2D eigenvalue weighted by molar-refractivity contribution is -0.151. The van der Waals surface area contributed by atoms with Crippen LogP contribution in [0.15, 0.2) is 0 Å². The summed E-state index contributed by atoms with van der Waals surface area (Å²) in [5.41, 5.74) is -1.06. The Labute approximate surface area is 144 Å².